The largest absolute Gasteiger partial charge is 0.457 e. The molecule has 2 fully saturated rings. The van der Waals surface area contributed by atoms with Gasteiger partial charge < -0.3 is 18.9 Å². The summed E-state index contributed by atoms with van der Waals surface area (Å²) >= 11 is 0. The van der Waals surface area contributed by atoms with Gasteiger partial charge in [-0.05, 0) is 86.4 Å². The number of hydrogen-bond donors (Lipinski definition) is 0. The van der Waals surface area contributed by atoms with Crippen molar-refractivity contribution in [3.63, 3.8) is 0 Å². The predicted octanol–water partition coefficient (Wildman–Crippen LogP) is 8.62. The fraction of sp³-hybridized carbons (Fsp3) is 0.278. The molecule has 0 aliphatic carbocycles. The Bertz CT molecular complexity index is 1510. The zero-order chi connectivity index (χ0) is 30.9. The smallest absolute Gasteiger partial charge is 0.196 e. The topological polar surface area (TPSA) is 73.8 Å². The first kappa shape index (κ1) is 30.0. The number of hydrogen-bond acceptors (Lipinski definition) is 8. The molecule has 0 N–H and O–H groups in total. The van der Waals surface area contributed by atoms with E-state index in [1.165, 1.54) is 0 Å². The Labute approximate surface area is 257 Å². The van der Waals surface area contributed by atoms with Crippen molar-refractivity contribution < 1.29 is 38.5 Å². The maximum absolute atomic E-state index is 6.31. The Morgan fingerprint density at radius 2 is 0.977 bits per heavy atom. The Balaban J connectivity index is 1.13. The molecule has 4 aromatic rings. The van der Waals surface area contributed by atoms with Crippen LogP contribution in [0.3, 0.4) is 0 Å². The van der Waals surface area contributed by atoms with Gasteiger partial charge in [-0.1, -0.05) is 61.7 Å². The summed E-state index contributed by atoms with van der Waals surface area (Å²) in [5.41, 5.74) is 3.36. The van der Waals surface area contributed by atoms with Crippen LogP contribution in [-0.2, 0) is 29.0 Å². The van der Waals surface area contributed by atoms with Crippen molar-refractivity contribution in [1.82, 2.24) is 0 Å². The molecule has 8 nitrogen and oxygen atoms in total. The summed E-state index contributed by atoms with van der Waals surface area (Å²) in [7, 11) is 0. The van der Waals surface area contributed by atoms with E-state index in [2.05, 4.69) is 13.2 Å². The van der Waals surface area contributed by atoms with Gasteiger partial charge in [0.2, 0.25) is 0 Å². The van der Waals surface area contributed by atoms with E-state index in [-0.39, 0.29) is 12.2 Å². The van der Waals surface area contributed by atoms with Gasteiger partial charge in [0.15, 0.2) is 11.6 Å². The van der Waals surface area contributed by atoms with Crippen molar-refractivity contribution in [1.29, 1.82) is 0 Å². The van der Waals surface area contributed by atoms with Crippen LogP contribution >= 0.6 is 0 Å². The van der Waals surface area contributed by atoms with Crippen molar-refractivity contribution in [2.75, 3.05) is 13.2 Å². The molecule has 0 bridgehead atoms. The van der Waals surface area contributed by atoms with Crippen molar-refractivity contribution >= 4 is 21.9 Å². The number of benzene rings is 4. The molecular weight excluding hydrogens is 560 g/mol. The number of fused-ring (bicyclic) bond motifs is 1. The summed E-state index contributed by atoms with van der Waals surface area (Å²) < 4.78 is 24.0. The SMILES string of the molecule is C=C(c1ccc(Oc2cccc3c(Oc4ccc(C(=C)C5COC(C)(C)OO5)cc4)cccc23)cc1)C1COC(C)(C)OO1. The molecule has 0 radical (unpaired) electrons. The van der Waals surface area contributed by atoms with E-state index in [4.69, 9.17) is 38.5 Å². The lowest BCUT2D eigenvalue weighted by molar-refractivity contribution is -0.467. The predicted molar refractivity (Wildman–Crippen MR) is 167 cm³/mol. The lowest BCUT2D eigenvalue weighted by atomic mass is 10.0. The normalized spacial score (nSPS) is 21.0. The third-order valence-corrected chi connectivity index (χ3v) is 7.42. The minimum absolute atomic E-state index is 0.364. The molecule has 2 heterocycles. The Hall–Kier alpha value is -4.02. The van der Waals surface area contributed by atoms with Crippen LogP contribution in [0.4, 0.5) is 0 Å². The first-order chi connectivity index (χ1) is 21.1. The molecule has 2 unspecified atom stereocenters. The molecule has 0 spiro atoms. The highest BCUT2D eigenvalue weighted by Crippen LogP contribution is 2.37. The summed E-state index contributed by atoms with van der Waals surface area (Å²) in [6.45, 7) is 16.3. The van der Waals surface area contributed by atoms with Crippen LogP contribution in [0.2, 0.25) is 0 Å². The molecule has 0 aromatic heterocycles. The lowest BCUT2D eigenvalue weighted by Crippen LogP contribution is -2.40. The molecular formula is C36H36O8. The first-order valence-electron chi connectivity index (χ1n) is 14.5. The monoisotopic (exact) mass is 596 g/mol. The van der Waals surface area contributed by atoms with Gasteiger partial charge in [0, 0.05) is 10.8 Å². The van der Waals surface area contributed by atoms with Gasteiger partial charge in [0.25, 0.3) is 0 Å². The lowest BCUT2D eigenvalue weighted by Gasteiger charge is -2.34. The van der Waals surface area contributed by atoms with Crippen LogP contribution < -0.4 is 9.47 Å². The summed E-state index contributed by atoms with van der Waals surface area (Å²) in [6, 6.07) is 27.2. The maximum Gasteiger partial charge on any atom is 0.196 e. The molecule has 0 saturated carbocycles. The van der Waals surface area contributed by atoms with Crippen molar-refractivity contribution in [2.45, 2.75) is 51.5 Å². The van der Waals surface area contributed by atoms with Crippen molar-refractivity contribution in [3.8, 4) is 23.0 Å². The summed E-state index contributed by atoms with van der Waals surface area (Å²) in [6.07, 6.45) is -0.770. The second-order valence-corrected chi connectivity index (χ2v) is 11.7. The van der Waals surface area contributed by atoms with Gasteiger partial charge in [-0.2, -0.15) is 0 Å². The van der Waals surface area contributed by atoms with Gasteiger partial charge in [-0.15, -0.1) is 0 Å². The standard InChI is InChI=1S/C36H36O8/c1-23(33-21-37-35(3,4)43-41-33)25-13-17-27(18-14-25)39-31-11-7-10-30-29(31)9-8-12-32(30)40-28-19-15-26(16-20-28)24(2)34-22-38-36(5,6)44-42-34/h7-20,33-34H,1-2,21-22H2,3-6H3. The van der Waals surface area contributed by atoms with Gasteiger partial charge in [-0.3, -0.25) is 0 Å². The Morgan fingerprint density at radius 1 is 0.591 bits per heavy atom. The van der Waals surface area contributed by atoms with E-state index >= 15 is 0 Å². The second kappa shape index (κ2) is 12.2. The minimum Gasteiger partial charge on any atom is -0.457 e. The van der Waals surface area contributed by atoms with E-state index < -0.39 is 11.6 Å². The fourth-order valence-corrected chi connectivity index (χ4v) is 4.85. The summed E-state index contributed by atoms with van der Waals surface area (Å²) in [5, 5.41) is 1.85. The average molecular weight is 597 g/mol. The second-order valence-electron chi connectivity index (χ2n) is 11.7. The maximum atomic E-state index is 6.31. The van der Waals surface area contributed by atoms with Gasteiger partial charge in [0.05, 0.1) is 13.2 Å². The van der Waals surface area contributed by atoms with Crippen LogP contribution in [0.1, 0.15) is 38.8 Å². The van der Waals surface area contributed by atoms with Gasteiger partial charge in [0.1, 0.15) is 35.2 Å². The zero-order valence-corrected chi connectivity index (χ0v) is 25.3. The molecule has 4 aromatic carbocycles. The quantitative estimate of drug-likeness (QED) is 0.187. The molecule has 8 heteroatoms. The first-order valence-corrected chi connectivity index (χ1v) is 14.5. The highest BCUT2D eigenvalue weighted by molar-refractivity contribution is 5.93. The number of ether oxygens (including phenoxy) is 4. The third-order valence-electron chi connectivity index (χ3n) is 7.42. The van der Waals surface area contributed by atoms with Crippen molar-refractivity contribution in [3.05, 3.63) is 109 Å². The molecule has 44 heavy (non-hydrogen) atoms. The van der Waals surface area contributed by atoms with Crippen LogP contribution in [0, 0.1) is 0 Å². The van der Waals surface area contributed by atoms with Crippen LogP contribution in [0.15, 0.2) is 98.1 Å². The third kappa shape index (κ3) is 6.71. The zero-order valence-electron chi connectivity index (χ0n) is 25.3. The molecule has 2 saturated heterocycles. The van der Waals surface area contributed by atoms with E-state index in [0.29, 0.717) is 36.2 Å². The van der Waals surface area contributed by atoms with E-state index in [1.807, 2.05) is 84.9 Å². The van der Waals surface area contributed by atoms with Gasteiger partial charge >= 0.3 is 0 Å². The van der Waals surface area contributed by atoms with Gasteiger partial charge in [-0.25, -0.2) is 19.6 Å². The van der Waals surface area contributed by atoms with E-state index in [0.717, 1.165) is 33.0 Å². The Morgan fingerprint density at radius 3 is 1.32 bits per heavy atom. The number of rotatable bonds is 8. The fourth-order valence-electron chi connectivity index (χ4n) is 4.85. The summed E-state index contributed by atoms with van der Waals surface area (Å²) in [4.78, 5) is 21.6. The van der Waals surface area contributed by atoms with E-state index in [1.54, 1.807) is 27.7 Å². The average Bonchev–Trinajstić information content (AvgIpc) is 3.02. The minimum atomic E-state index is -0.771. The molecule has 2 aliphatic heterocycles. The Kier molecular flexibility index (Phi) is 8.30. The van der Waals surface area contributed by atoms with Crippen LogP contribution in [0.25, 0.3) is 21.9 Å². The molecule has 6 rings (SSSR count). The highest BCUT2D eigenvalue weighted by Gasteiger charge is 2.33. The highest BCUT2D eigenvalue weighted by atomic mass is 17.2. The summed E-state index contributed by atoms with van der Waals surface area (Å²) in [5.74, 6) is 1.27. The van der Waals surface area contributed by atoms with E-state index in [9.17, 15) is 0 Å². The van der Waals surface area contributed by atoms with Crippen molar-refractivity contribution in [2.24, 2.45) is 0 Å². The molecule has 0 amide bonds. The van der Waals surface area contributed by atoms with Crippen LogP contribution in [-0.4, -0.2) is 37.0 Å². The molecule has 2 atom stereocenters. The molecule has 228 valence electrons. The molecule has 2 aliphatic rings. The van der Waals surface area contributed by atoms with Crippen LogP contribution in [0.5, 0.6) is 23.0 Å².